The van der Waals surface area contributed by atoms with Gasteiger partial charge in [0, 0.05) is 5.92 Å². The lowest BCUT2D eigenvalue weighted by atomic mass is 10.00. The fourth-order valence-electron chi connectivity index (χ4n) is 2.17. The summed E-state index contributed by atoms with van der Waals surface area (Å²) < 4.78 is 11.8. The summed E-state index contributed by atoms with van der Waals surface area (Å²) in [5.74, 6) is 0.400. The molecule has 3 atom stereocenters. The van der Waals surface area contributed by atoms with Gasteiger partial charge in [-0.1, -0.05) is 55.5 Å². The van der Waals surface area contributed by atoms with Crippen LogP contribution in [0, 0.1) is 5.92 Å². The first-order valence-electron chi connectivity index (χ1n) is 6.86. The molecule has 102 valence electrons. The Labute approximate surface area is 115 Å². The van der Waals surface area contributed by atoms with Crippen molar-refractivity contribution in [3.63, 3.8) is 0 Å². The van der Waals surface area contributed by atoms with Gasteiger partial charge in [0.05, 0.1) is 25.4 Å². The lowest BCUT2D eigenvalue weighted by Crippen LogP contribution is -2.33. The minimum Gasteiger partial charge on any atom is -0.374 e. The van der Waals surface area contributed by atoms with Crippen LogP contribution >= 0.6 is 0 Å². The summed E-state index contributed by atoms with van der Waals surface area (Å²) >= 11 is 0. The van der Waals surface area contributed by atoms with Crippen LogP contribution in [0.4, 0.5) is 0 Å². The third-order valence-electron chi connectivity index (χ3n) is 3.36. The highest BCUT2D eigenvalue weighted by molar-refractivity contribution is 5.13. The Morgan fingerprint density at radius 1 is 1.26 bits per heavy atom. The summed E-state index contributed by atoms with van der Waals surface area (Å²) in [6, 6.07) is 10.2. The van der Waals surface area contributed by atoms with Crippen LogP contribution in [0.1, 0.15) is 18.9 Å². The molecule has 0 amide bonds. The Morgan fingerprint density at radius 3 is 2.79 bits per heavy atom. The van der Waals surface area contributed by atoms with Gasteiger partial charge in [-0.25, -0.2) is 0 Å². The molecule has 2 nitrogen and oxygen atoms in total. The summed E-state index contributed by atoms with van der Waals surface area (Å²) in [5.41, 5.74) is 1.20. The zero-order chi connectivity index (χ0) is 13.5. The highest BCUT2D eigenvalue weighted by Gasteiger charge is 2.23. The Balaban J connectivity index is 1.79. The number of benzene rings is 1. The van der Waals surface area contributed by atoms with Crippen molar-refractivity contribution in [2.45, 2.75) is 32.2 Å². The van der Waals surface area contributed by atoms with Gasteiger partial charge in [-0.05, 0) is 12.0 Å². The Kier molecular flexibility index (Phi) is 5.37. The molecular weight excluding hydrogens is 236 g/mol. The van der Waals surface area contributed by atoms with Gasteiger partial charge >= 0.3 is 0 Å². The first-order chi connectivity index (χ1) is 9.29. The van der Waals surface area contributed by atoms with E-state index in [0.29, 0.717) is 19.1 Å². The van der Waals surface area contributed by atoms with Crippen LogP contribution in [0.5, 0.6) is 0 Å². The standard InChI is InChI=1S/C17H22O2/c1-3-7-16-11-10-14(2)17(19-16)13-18-12-15-8-5-4-6-9-15/h3-6,8-11,14,16-17H,1,7,12-13H2,2H3/t14-,16+,17+/m1/s1. The van der Waals surface area contributed by atoms with E-state index in [1.807, 2.05) is 24.3 Å². The quantitative estimate of drug-likeness (QED) is 0.724. The van der Waals surface area contributed by atoms with Crippen molar-refractivity contribution in [1.29, 1.82) is 0 Å². The molecule has 0 saturated carbocycles. The largest absolute Gasteiger partial charge is 0.374 e. The predicted octanol–water partition coefficient (Wildman–Crippen LogP) is 3.74. The van der Waals surface area contributed by atoms with Gasteiger partial charge in [-0.15, -0.1) is 6.58 Å². The SMILES string of the molecule is C=CC[C@H]1C=C[C@@H](C)[C@H](COCc2ccccc2)O1. The van der Waals surface area contributed by atoms with Crippen molar-refractivity contribution < 1.29 is 9.47 Å². The minimum atomic E-state index is 0.138. The molecule has 0 aromatic heterocycles. The third kappa shape index (κ3) is 4.34. The van der Waals surface area contributed by atoms with Crippen molar-refractivity contribution in [2.75, 3.05) is 6.61 Å². The monoisotopic (exact) mass is 258 g/mol. The van der Waals surface area contributed by atoms with E-state index in [-0.39, 0.29) is 12.2 Å². The summed E-state index contributed by atoms with van der Waals surface area (Å²) in [6.45, 7) is 7.19. The summed E-state index contributed by atoms with van der Waals surface area (Å²) in [6.07, 6.45) is 7.39. The first-order valence-corrected chi connectivity index (χ1v) is 6.86. The molecule has 0 spiro atoms. The molecule has 1 aromatic rings. The molecular formula is C17H22O2. The molecule has 0 saturated heterocycles. The van der Waals surface area contributed by atoms with Gasteiger partial charge < -0.3 is 9.47 Å². The Bertz CT molecular complexity index is 411. The second-order valence-electron chi connectivity index (χ2n) is 4.98. The van der Waals surface area contributed by atoms with Gasteiger partial charge in [0.2, 0.25) is 0 Å². The van der Waals surface area contributed by atoms with Crippen LogP contribution in [0.15, 0.2) is 55.1 Å². The van der Waals surface area contributed by atoms with Crippen LogP contribution < -0.4 is 0 Å². The lowest BCUT2D eigenvalue weighted by Gasteiger charge is -2.30. The van der Waals surface area contributed by atoms with E-state index in [9.17, 15) is 0 Å². The number of hydrogen-bond donors (Lipinski definition) is 0. The van der Waals surface area contributed by atoms with E-state index in [1.165, 1.54) is 5.56 Å². The summed E-state index contributed by atoms with van der Waals surface area (Å²) in [4.78, 5) is 0. The van der Waals surface area contributed by atoms with E-state index in [2.05, 4.69) is 37.8 Å². The van der Waals surface area contributed by atoms with Crippen LogP contribution in [-0.4, -0.2) is 18.8 Å². The van der Waals surface area contributed by atoms with E-state index < -0.39 is 0 Å². The average molecular weight is 258 g/mol. The smallest absolute Gasteiger partial charge is 0.0876 e. The van der Waals surface area contributed by atoms with Crippen LogP contribution in [0.25, 0.3) is 0 Å². The normalized spacial score (nSPS) is 26.3. The second-order valence-corrected chi connectivity index (χ2v) is 4.98. The maximum absolute atomic E-state index is 5.99. The molecule has 1 aliphatic heterocycles. The topological polar surface area (TPSA) is 18.5 Å². The predicted molar refractivity (Wildman–Crippen MR) is 77.9 cm³/mol. The maximum Gasteiger partial charge on any atom is 0.0876 e. The summed E-state index contributed by atoms with van der Waals surface area (Å²) in [5, 5.41) is 0. The Hall–Kier alpha value is -1.38. The molecule has 0 unspecified atom stereocenters. The highest BCUT2D eigenvalue weighted by atomic mass is 16.5. The van der Waals surface area contributed by atoms with E-state index in [4.69, 9.17) is 9.47 Å². The zero-order valence-electron chi connectivity index (χ0n) is 11.5. The van der Waals surface area contributed by atoms with Crippen molar-refractivity contribution >= 4 is 0 Å². The molecule has 0 N–H and O–H groups in total. The van der Waals surface area contributed by atoms with E-state index in [0.717, 1.165) is 6.42 Å². The van der Waals surface area contributed by atoms with Crippen molar-refractivity contribution in [3.8, 4) is 0 Å². The number of hydrogen-bond acceptors (Lipinski definition) is 2. The van der Waals surface area contributed by atoms with Crippen molar-refractivity contribution in [2.24, 2.45) is 5.92 Å². The number of ether oxygens (including phenoxy) is 2. The molecule has 2 heteroatoms. The van der Waals surface area contributed by atoms with Gasteiger partial charge in [0.15, 0.2) is 0 Å². The lowest BCUT2D eigenvalue weighted by molar-refractivity contribution is -0.0673. The molecule has 0 fully saturated rings. The fourth-order valence-corrected chi connectivity index (χ4v) is 2.17. The molecule has 0 radical (unpaired) electrons. The molecule has 19 heavy (non-hydrogen) atoms. The molecule has 1 aromatic carbocycles. The first kappa shape index (κ1) is 14.0. The molecule has 2 rings (SSSR count). The molecule has 0 aliphatic carbocycles. The van der Waals surface area contributed by atoms with Crippen LogP contribution in [0.2, 0.25) is 0 Å². The molecule has 1 heterocycles. The second kappa shape index (κ2) is 7.27. The van der Waals surface area contributed by atoms with E-state index in [1.54, 1.807) is 0 Å². The van der Waals surface area contributed by atoms with Gasteiger partial charge in [-0.2, -0.15) is 0 Å². The van der Waals surface area contributed by atoms with Gasteiger partial charge in [0.1, 0.15) is 0 Å². The average Bonchev–Trinajstić information content (AvgIpc) is 2.44. The third-order valence-corrected chi connectivity index (χ3v) is 3.36. The number of rotatable bonds is 6. The minimum absolute atomic E-state index is 0.138. The van der Waals surface area contributed by atoms with Crippen molar-refractivity contribution in [1.82, 2.24) is 0 Å². The Morgan fingerprint density at radius 2 is 2.05 bits per heavy atom. The van der Waals surface area contributed by atoms with Gasteiger partial charge in [0.25, 0.3) is 0 Å². The van der Waals surface area contributed by atoms with Crippen LogP contribution in [0.3, 0.4) is 0 Å². The molecule has 0 bridgehead atoms. The van der Waals surface area contributed by atoms with Crippen molar-refractivity contribution in [3.05, 3.63) is 60.7 Å². The molecule has 1 aliphatic rings. The van der Waals surface area contributed by atoms with Gasteiger partial charge in [-0.3, -0.25) is 0 Å². The highest BCUT2D eigenvalue weighted by Crippen LogP contribution is 2.21. The summed E-state index contributed by atoms with van der Waals surface area (Å²) in [7, 11) is 0. The fraction of sp³-hybridized carbons (Fsp3) is 0.412. The van der Waals surface area contributed by atoms with Crippen LogP contribution in [-0.2, 0) is 16.1 Å². The zero-order valence-corrected chi connectivity index (χ0v) is 11.5. The van der Waals surface area contributed by atoms with E-state index >= 15 is 0 Å². The maximum atomic E-state index is 5.99.